The van der Waals surface area contributed by atoms with Gasteiger partial charge >= 0.3 is 95.5 Å². The number of ether oxygens (including phenoxy) is 22. The van der Waals surface area contributed by atoms with Gasteiger partial charge in [-0.1, -0.05) is 55.4 Å². The molecule has 4 aliphatic carbocycles. The average Bonchev–Trinajstić information content (AvgIpc) is 1.54. The van der Waals surface area contributed by atoms with Crippen molar-refractivity contribution < 1.29 is 181 Å². The van der Waals surface area contributed by atoms with Gasteiger partial charge in [-0.05, 0) is 217 Å². The Kier molecular flexibility index (Phi) is 37.3. The first-order chi connectivity index (χ1) is 67.4. The zero-order valence-corrected chi connectivity index (χ0v) is 87.5. The molecule has 0 spiro atoms. The summed E-state index contributed by atoms with van der Waals surface area (Å²) in [4.78, 5) is 190. The van der Waals surface area contributed by atoms with E-state index in [0.29, 0.717) is 76.3 Å². The molecule has 0 aromatic heterocycles. The van der Waals surface area contributed by atoms with Crippen LogP contribution in [0.1, 0.15) is 280 Å². The van der Waals surface area contributed by atoms with Crippen LogP contribution in [-0.2, 0) is 181 Å². The van der Waals surface area contributed by atoms with E-state index >= 15 is 0 Å². The molecule has 0 N–H and O–H groups in total. The highest BCUT2D eigenvalue weighted by Crippen LogP contribution is 2.62. The van der Waals surface area contributed by atoms with Gasteiger partial charge in [-0.3, -0.25) is 67.1 Å². The zero-order chi connectivity index (χ0) is 105. The van der Waals surface area contributed by atoms with Gasteiger partial charge in [-0.2, -0.15) is 0 Å². The quantitative estimate of drug-likeness (QED) is 0.0319. The Morgan fingerprint density at radius 3 is 1.18 bits per heavy atom. The van der Waals surface area contributed by atoms with Gasteiger partial charge in [0.05, 0.1) is 163 Å². The zero-order valence-electron chi connectivity index (χ0n) is 87.5. The fraction of sp³-hybridized carbons (Fsp3) is 0.848. The van der Waals surface area contributed by atoms with Crippen LogP contribution in [-0.4, -0.2) is 272 Å². The molecule has 14 heterocycles. The third-order valence-corrected chi connectivity index (χ3v) is 33.8. The maximum Gasteiger partial charge on any atom is 0.344 e. The van der Waals surface area contributed by atoms with Crippen LogP contribution in [0.5, 0.6) is 0 Å². The molecule has 14 bridgehead atoms. The van der Waals surface area contributed by atoms with Crippen molar-refractivity contribution in [2.75, 3.05) is 60.5 Å². The van der Waals surface area contributed by atoms with E-state index in [4.69, 9.17) is 104 Å². The van der Waals surface area contributed by atoms with E-state index in [2.05, 4.69) is 0 Å². The van der Waals surface area contributed by atoms with Crippen LogP contribution >= 0.6 is 0 Å². The first kappa shape index (κ1) is 113. The lowest BCUT2D eigenvalue weighted by Gasteiger charge is -2.31. The third kappa shape index (κ3) is 25.5. The predicted octanol–water partition coefficient (Wildman–Crippen LogP) is 11.1. The highest BCUT2D eigenvalue weighted by atomic mass is 16.7. The number of rotatable bonds is 36. The fourth-order valence-electron chi connectivity index (χ4n) is 22.1. The van der Waals surface area contributed by atoms with Crippen LogP contribution < -0.4 is 0 Å². The summed E-state index contributed by atoms with van der Waals surface area (Å²) in [5.41, 5.74) is -3.09. The minimum absolute atomic E-state index is 0.00793. The number of carbonyl (C=O) groups excluding carboxylic acids is 16. The van der Waals surface area contributed by atoms with E-state index < -0.39 is 99.6 Å². The van der Waals surface area contributed by atoms with E-state index in [9.17, 15) is 76.7 Å². The second kappa shape index (κ2) is 47.2. The standard InChI is InChI=1S/C18H24O8.C17H24O6.C15H22O6.C15H24O5.C14H22O5.C14H24O3.C12H16O5/c1-5-18(2,3)17(22)24-7-10(19)25-13-8-6-9-12(11(8)15(20)23-4)16(21)26-14(9)13;1-5-17(2,3)16(20)22-7-10-8-6-9-12(11(8)14(18)21-4)15(19)23-13(9)10;1-4-15(2,3)14(17)19-6-5-18-11-9-7-8-10(20-9)12(11)21-13(8)16;1-4-15(2,3)14(17)18-8-7-13(16)20-12-9-10-5-6-11(12)19-10;1-4-14(2,3)13(16)17-8-12(15)19-11-7-9-5-6-10(11)18-9;1-4-14(2,3)13(15)16-8-7-10-9-11-5-6-12(10)17-11;1-3-5(2)11(13)16-9-7-4-6-8(15-7)10(9)17-12(6)14/h8-9,11-14H,5-7H2,1-4H3;8-13H,5-7H2,1-4H3;8-12H,4-7H2,1-3H3;10-12H,4-9H2,1-3H3;9-11H,4-8H2,1-3H3;10-12H,4-9H2,1-3H3;5-10H,3-4H2,1-2H3. The molecule has 4 saturated carbocycles. The summed E-state index contributed by atoms with van der Waals surface area (Å²) in [6.07, 6.45) is 15.8. The van der Waals surface area contributed by atoms with Crippen molar-refractivity contribution in [3.05, 3.63) is 0 Å². The molecule has 18 rings (SSSR count). The molecule has 0 amide bonds. The minimum atomic E-state index is -0.717. The summed E-state index contributed by atoms with van der Waals surface area (Å²) in [6.45, 7) is 37.9. The number of fused-ring (bicyclic) bond motifs is 10. The van der Waals surface area contributed by atoms with Gasteiger partial charge in [0.15, 0.2) is 31.5 Å². The van der Waals surface area contributed by atoms with Gasteiger partial charge in [0.2, 0.25) is 0 Å². The first-order valence-corrected chi connectivity index (χ1v) is 52.1. The van der Waals surface area contributed by atoms with E-state index in [1.165, 1.54) is 33.5 Å². The van der Waals surface area contributed by atoms with Crippen LogP contribution in [0.2, 0.25) is 0 Å². The van der Waals surface area contributed by atoms with Gasteiger partial charge in [0.25, 0.3) is 0 Å². The fourth-order valence-corrected chi connectivity index (χ4v) is 22.1. The molecule has 804 valence electrons. The lowest BCUT2D eigenvalue weighted by Crippen LogP contribution is -2.44. The van der Waals surface area contributed by atoms with Crippen LogP contribution in [0.25, 0.3) is 0 Å². The molecule has 18 fully saturated rings. The molecule has 143 heavy (non-hydrogen) atoms. The van der Waals surface area contributed by atoms with Gasteiger partial charge in [0, 0.05) is 36.5 Å². The Bertz CT molecular complexity index is 4560. The molecular weight excluding hydrogens is 1870 g/mol. The molecular formula is C105H156O38. The number of carbonyl (C=O) groups is 16. The van der Waals surface area contributed by atoms with E-state index in [-0.39, 0.29) is 243 Å². The Balaban J connectivity index is 0.000000149. The van der Waals surface area contributed by atoms with E-state index in [0.717, 1.165) is 70.6 Å². The molecule has 18 aliphatic rings. The minimum Gasteiger partial charge on any atom is -0.469 e. The second-order valence-corrected chi connectivity index (χ2v) is 45.3. The van der Waals surface area contributed by atoms with E-state index in [1.54, 1.807) is 27.7 Å². The lowest BCUT2D eigenvalue weighted by atomic mass is 9.74. The molecule has 32 atom stereocenters. The summed E-state index contributed by atoms with van der Waals surface area (Å²) in [5.74, 6) is -7.64. The molecule has 0 radical (unpaired) electrons. The molecule has 14 aliphatic heterocycles. The Morgan fingerprint density at radius 2 is 0.741 bits per heavy atom. The lowest BCUT2D eigenvalue weighted by molar-refractivity contribution is -0.174. The maximum atomic E-state index is 12.2. The monoisotopic (exact) mass is 2030 g/mol. The topological polar surface area (TPSA) is 476 Å². The second-order valence-electron chi connectivity index (χ2n) is 45.3. The van der Waals surface area contributed by atoms with Crippen molar-refractivity contribution in [1.29, 1.82) is 0 Å². The number of esters is 16. The van der Waals surface area contributed by atoms with Crippen LogP contribution in [0.4, 0.5) is 0 Å². The van der Waals surface area contributed by atoms with Crippen LogP contribution in [0, 0.1) is 109 Å². The first-order valence-electron chi connectivity index (χ1n) is 52.1. The Labute approximate surface area is 838 Å². The summed E-state index contributed by atoms with van der Waals surface area (Å²) < 4.78 is 118. The summed E-state index contributed by atoms with van der Waals surface area (Å²) in [5, 5.41) is 0. The summed E-state index contributed by atoms with van der Waals surface area (Å²) >= 11 is 0. The van der Waals surface area contributed by atoms with Gasteiger partial charge < -0.3 is 104 Å². The Morgan fingerprint density at radius 1 is 0.350 bits per heavy atom. The van der Waals surface area contributed by atoms with Gasteiger partial charge in [-0.15, -0.1) is 0 Å². The molecule has 38 heteroatoms. The number of methoxy groups -OCH3 is 2. The molecule has 32 unspecified atom stereocenters. The van der Waals surface area contributed by atoms with Crippen molar-refractivity contribution in [2.24, 2.45) is 109 Å². The van der Waals surface area contributed by atoms with Gasteiger partial charge in [0.1, 0.15) is 62.0 Å². The third-order valence-electron chi connectivity index (χ3n) is 33.8. The summed E-state index contributed by atoms with van der Waals surface area (Å²) in [6, 6.07) is 0. The largest absolute Gasteiger partial charge is 0.469 e. The normalized spacial score (nSPS) is 34.6. The van der Waals surface area contributed by atoms with Crippen molar-refractivity contribution in [2.45, 2.75) is 396 Å². The number of hydrogen-bond acceptors (Lipinski definition) is 38. The van der Waals surface area contributed by atoms with Crippen LogP contribution in [0.3, 0.4) is 0 Å². The molecule has 0 aromatic carbocycles. The van der Waals surface area contributed by atoms with Crippen molar-refractivity contribution in [3.63, 3.8) is 0 Å². The van der Waals surface area contributed by atoms with Crippen molar-refractivity contribution in [1.82, 2.24) is 0 Å². The smallest absolute Gasteiger partial charge is 0.344 e. The van der Waals surface area contributed by atoms with Gasteiger partial charge in [-0.25, -0.2) is 9.59 Å². The molecule has 0 aromatic rings. The highest BCUT2D eigenvalue weighted by molar-refractivity contribution is 5.88. The predicted molar refractivity (Wildman–Crippen MR) is 497 cm³/mol. The Hall–Kier alpha value is -8.72. The average molecular weight is 2030 g/mol. The number of hydrogen-bond donors (Lipinski definition) is 0. The SMILES string of the molecule is CCC(C)(C)C(=O)OCC(=O)OC1C2CC3C1OC(=O)C3C2C(=O)OC.CCC(C)(C)C(=O)OCC(=O)OC1CC2CCC1O2.CCC(C)(C)C(=O)OCC1C2CC3C1OC(=O)C3C2C(=O)OC.CCC(C)(C)C(=O)OCCC(=O)OC1CC2CCC1O2.CCC(C)(C)C(=O)OCCC1CC2CCC1O2.CCC(C)(C)C(=O)OCCOC1C2CC3C(=O)OC1C3O2.CCC(C)C(=O)OC1C2CC3C(=O)OC1C3O2. The van der Waals surface area contributed by atoms with Crippen LogP contribution in [0.15, 0.2) is 0 Å². The maximum absolute atomic E-state index is 12.2. The van der Waals surface area contributed by atoms with Crippen molar-refractivity contribution in [3.8, 4) is 0 Å². The molecule has 14 saturated heterocycles. The molecule has 38 nitrogen and oxygen atoms in total. The van der Waals surface area contributed by atoms with E-state index in [1.807, 2.05) is 111 Å². The van der Waals surface area contributed by atoms with Crippen molar-refractivity contribution >= 4 is 95.5 Å². The summed E-state index contributed by atoms with van der Waals surface area (Å²) in [7, 11) is 2.60. The highest BCUT2D eigenvalue weighted by Gasteiger charge is 2.72.